The number of pyridine rings is 1. The summed E-state index contributed by atoms with van der Waals surface area (Å²) < 4.78 is 75.6. The minimum absolute atomic E-state index is 0.0858. The molecule has 0 saturated carbocycles. The highest BCUT2D eigenvalue weighted by molar-refractivity contribution is 5.93. The monoisotopic (exact) mass is 614 g/mol. The number of alkyl halides is 3. The van der Waals surface area contributed by atoms with Crippen LogP contribution in [0.3, 0.4) is 0 Å². The quantitative estimate of drug-likeness (QED) is 0.237. The van der Waals surface area contributed by atoms with Crippen molar-refractivity contribution in [1.29, 1.82) is 0 Å². The number of halogens is 4. The second-order valence-electron chi connectivity index (χ2n) is 10.9. The number of hydrogen-bond donors (Lipinski definition) is 1. The smallest absolute Gasteiger partial charge is 0.421 e. The molecule has 0 radical (unpaired) electrons. The Morgan fingerprint density at radius 1 is 1.16 bits per heavy atom. The Morgan fingerprint density at radius 2 is 1.91 bits per heavy atom. The van der Waals surface area contributed by atoms with Crippen LogP contribution in [0.5, 0.6) is 11.6 Å². The molecule has 2 aliphatic heterocycles. The van der Waals surface area contributed by atoms with Gasteiger partial charge in [0.05, 0.1) is 49.1 Å². The SMILES string of the molecule is COc1ccc(COc2nc3c(cc2C(F)(F)F)CCN(Cc2nc4ccc(C(=O)O)c(F)c4n2C[C@@H]2CCO2)[C@H]3C)cc1. The Morgan fingerprint density at radius 3 is 2.55 bits per heavy atom. The van der Waals surface area contributed by atoms with Gasteiger partial charge >= 0.3 is 12.1 Å². The van der Waals surface area contributed by atoms with E-state index in [-0.39, 0.29) is 24.8 Å². The van der Waals surface area contributed by atoms with E-state index in [4.69, 9.17) is 14.2 Å². The summed E-state index contributed by atoms with van der Waals surface area (Å²) in [6.45, 7) is 3.25. The molecule has 9 nitrogen and oxygen atoms in total. The largest absolute Gasteiger partial charge is 0.497 e. The number of carboxylic acid groups (broad SMARTS) is 1. The average molecular weight is 615 g/mol. The second-order valence-corrected chi connectivity index (χ2v) is 10.9. The van der Waals surface area contributed by atoms with E-state index in [1.807, 2.05) is 11.8 Å². The summed E-state index contributed by atoms with van der Waals surface area (Å²) in [5, 5.41) is 9.47. The third-order valence-electron chi connectivity index (χ3n) is 8.23. The summed E-state index contributed by atoms with van der Waals surface area (Å²) in [7, 11) is 1.52. The first-order valence-electron chi connectivity index (χ1n) is 14.2. The highest BCUT2D eigenvalue weighted by Gasteiger charge is 2.38. The van der Waals surface area contributed by atoms with Gasteiger partial charge in [-0.05, 0) is 61.2 Å². The number of ether oxygens (including phenoxy) is 3. The fraction of sp³-hybridized carbons (Fsp3) is 0.387. The molecule has 2 atom stereocenters. The van der Waals surface area contributed by atoms with Crippen LogP contribution in [-0.4, -0.2) is 56.9 Å². The van der Waals surface area contributed by atoms with Crippen LogP contribution in [0, 0.1) is 5.82 Å². The van der Waals surface area contributed by atoms with E-state index in [1.54, 1.807) is 28.8 Å². The van der Waals surface area contributed by atoms with E-state index in [0.29, 0.717) is 60.0 Å². The Hall–Kier alpha value is -4.23. The lowest BCUT2D eigenvalue weighted by molar-refractivity contribution is -0.139. The molecule has 232 valence electrons. The van der Waals surface area contributed by atoms with Gasteiger partial charge in [-0.1, -0.05) is 12.1 Å². The number of rotatable bonds is 9. The Labute approximate surface area is 250 Å². The molecule has 1 N–H and O–H groups in total. The van der Waals surface area contributed by atoms with Crippen LogP contribution in [0.15, 0.2) is 42.5 Å². The molecule has 0 unspecified atom stereocenters. The molecule has 2 aromatic heterocycles. The molecular formula is C31H30F4N4O5. The minimum atomic E-state index is -4.66. The van der Waals surface area contributed by atoms with Crippen molar-refractivity contribution in [1.82, 2.24) is 19.4 Å². The molecule has 2 aromatic carbocycles. The number of fused-ring (bicyclic) bond motifs is 2. The second kappa shape index (κ2) is 11.7. The van der Waals surface area contributed by atoms with Crippen LogP contribution in [-0.2, 0) is 37.0 Å². The number of aromatic carboxylic acids is 1. The van der Waals surface area contributed by atoms with Crippen LogP contribution < -0.4 is 9.47 Å². The first kappa shape index (κ1) is 29.8. The van der Waals surface area contributed by atoms with E-state index in [2.05, 4.69) is 9.97 Å². The minimum Gasteiger partial charge on any atom is -0.497 e. The fourth-order valence-electron chi connectivity index (χ4n) is 5.67. The summed E-state index contributed by atoms with van der Waals surface area (Å²) in [6.07, 6.45) is -3.74. The lowest BCUT2D eigenvalue weighted by atomic mass is 9.97. The number of carbonyl (C=O) groups is 1. The van der Waals surface area contributed by atoms with Gasteiger partial charge in [0.2, 0.25) is 5.88 Å². The van der Waals surface area contributed by atoms with Crippen LogP contribution in [0.4, 0.5) is 17.6 Å². The van der Waals surface area contributed by atoms with E-state index < -0.39 is 41.0 Å². The van der Waals surface area contributed by atoms with E-state index in [9.17, 15) is 23.1 Å². The molecule has 1 saturated heterocycles. The summed E-state index contributed by atoms with van der Waals surface area (Å²) in [5.74, 6) is -1.64. The summed E-state index contributed by atoms with van der Waals surface area (Å²) in [6, 6.07) is 10.2. The average Bonchev–Trinajstić information content (AvgIpc) is 3.32. The fourth-order valence-corrected chi connectivity index (χ4v) is 5.67. The molecule has 13 heteroatoms. The van der Waals surface area contributed by atoms with Gasteiger partial charge in [0.15, 0.2) is 5.82 Å². The lowest BCUT2D eigenvalue weighted by Crippen LogP contribution is -2.36. The number of hydrogen-bond acceptors (Lipinski definition) is 7. The zero-order chi connectivity index (χ0) is 31.2. The Kier molecular flexibility index (Phi) is 7.93. The molecule has 0 bridgehead atoms. The van der Waals surface area contributed by atoms with Crippen molar-refractivity contribution in [2.45, 2.75) is 57.8 Å². The van der Waals surface area contributed by atoms with Crippen molar-refractivity contribution in [3.8, 4) is 11.6 Å². The number of aromatic nitrogens is 3. The molecule has 0 spiro atoms. The number of benzene rings is 2. The number of nitrogens with zero attached hydrogens (tertiary/aromatic N) is 4. The molecular weight excluding hydrogens is 584 g/mol. The van der Waals surface area contributed by atoms with Gasteiger partial charge < -0.3 is 23.9 Å². The maximum atomic E-state index is 15.4. The Balaban J connectivity index is 1.31. The van der Waals surface area contributed by atoms with Crippen molar-refractivity contribution in [2.24, 2.45) is 0 Å². The molecule has 0 amide bonds. The predicted molar refractivity (Wildman–Crippen MR) is 150 cm³/mol. The van der Waals surface area contributed by atoms with Crippen molar-refractivity contribution < 1.29 is 41.7 Å². The van der Waals surface area contributed by atoms with Gasteiger partial charge in [-0.3, -0.25) is 4.90 Å². The zero-order valence-corrected chi connectivity index (χ0v) is 24.0. The van der Waals surface area contributed by atoms with Gasteiger partial charge in [-0.25, -0.2) is 19.2 Å². The molecule has 44 heavy (non-hydrogen) atoms. The van der Waals surface area contributed by atoms with Crippen molar-refractivity contribution in [2.75, 3.05) is 20.3 Å². The van der Waals surface area contributed by atoms with Crippen LogP contribution in [0.2, 0.25) is 0 Å². The third-order valence-corrected chi connectivity index (χ3v) is 8.23. The molecule has 4 heterocycles. The van der Waals surface area contributed by atoms with Gasteiger partial charge in [-0.15, -0.1) is 0 Å². The molecule has 1 fully saturated rings. The number of carboxylic acids is 1. The highest BCUT2D eigenvalue weighted by Crippen LogP contribution is 2.40. The maximum absolute atomic E-state index is 15.4. The number of imidazole rings is 1. The van der Waals surface area contributed by atoms with Gasteiger partial charge in [0.25, 0.3) is 0 Å². The summed E-state index contributed by atoms with van der Waals surface area (Å²) >= 11 is 0. The van der Waals surface area contributed by atoms with Gasteiger partial charge in [0, 0.05) is 13.2 Å². The maximum Gasteiger partial charge on any atom is 0.421 e. The molecule has 2 aliphatic rings. The Bertz CT molecular complexity index is 1700. The standard InChI is InChI=1S/C31H30F4N4O5/c1-17-27-19(13-23(31(33,34)35)29(37-27)44-16-18-3-5-20(42-2)6-4-18)9-11-38(17)15-25-36-24-8-7-22(30(40)41)26(32)28(24)39(25)14-21-10-12-43-21/h3-8,13,17,21H,9-12,14-16H2,1-2H3,(H,40,41)/t17-,21-/m0/s1. The zero-order valence-electron chi connectivity index (χ0n) is 24.0. The first-order valence-corrected chi connectivity index (χ1v) is 14.2. The van der Waals surface area contributed by atoms with Gasteiger partial charge in [0.1, 0.15) is 29.3 Å². The van der Waals surface area contributed by atoms with E-state index in [1.165, 1.54) is 19.2 Å². The highest BCUT2D eigenvalue weighted by atomic mass is 19.4. The van der Waals surface area contributed by atoms with Crippen LogP contribution >= 0.6 is 0 Å². The van der Waals surface area contributed by atoms with Crippen molar-refractivity contribution in [3.63, 3.8) is 0 Å². The van der Waals surface area contributed by atoms with Gasteiger partial charge in [-0.2, -0.15) is 13.2 Å². The van der Waals surface area contributed by atoms with Crippen LogP contribution in [0.25, 0.3) is 11.0 Å². The summed E-state index contributed by atoms with van der Waals surface area (Å²) in [4.78, 5) is 22.7. The lowest BCUT2D eigenvalue weighted by Gasteiger charge is -2.35. The van der Waals surface area contributed by atoms with Crippen LogP contribution in [0.1, 0.15) is 58.0 Å². The van der Waals surface area contributed by atoms with Crippen molar-refractivity contribution in [3.05, 3.63) is 82.1 Å². The molecule has 4 aromatic rings. The third kappa shape index (κ3) is 5.69. The topological polar surface area (TPSA) is 98.9 Å². The predicted octanol–water partition coefficient (Wildman–Crippen LogP) is 5.78. The summed E-state index contributed by atoms with van der Waals surface area (Å²) in [5.41, 5.74) is 0.603. The normalized spacial score (nSPS) is 18.6. The van der Waals surface area contributed by atoms with E-state index in [0.717, 1.165) is 12.5 Å². The van der Waals surface area contributed by atoms with E-state index >= 15 is 4.39 Å². The number of methoxy groups -OCH3 is 1. The molecule has 6 rings (SSSR count). The van der Waals surface area contributed by atoms with Crippen molar-refractivity contribution >= 4 is 17.0 Å². The first-order chi connectivity index (χ1) is 21.0. The molecule has 0 aliphatic carbocycles.